The Morgan fingerprint density at radius 1 is 0.517 bits per heavy atom. The molecule has 0 aliphatic rings. The number of unbranched alkanes of at least 4 members (excludes halogenated alkanes) is 28. The SMILES string of the molecule is CCCCCC/C=C\C/C=C\CCCCCCCC(=O)OC(COC(=O)CCCCCCCCCCCCCCCCCCCCCC)COP(=O)(O)OCC[N+](C)(C)C. The van der Waals surface area contributed by atoms with Crippen molar-refractivity contribution in [2.75, 3.05) is 47.5 Å². The van der Waals surface area contributed by atoms with Gasteiger partial charge in [0, 0.05) is 12.8 Å². The molecule has 0 aromatic carbocycles. The monoisotopic (exact) mass is 871 g/mol. The number of carbonyl (C=O) groups is 2. The molecule has 0 saturated heterocycles. The van der Waals surface area contributed by atoms with Gasteiger partial charge in [-0.2, -0.15) is 0 Å². The molecule has 60 heavy (non-hydrogen) atoms. The van der Waals surface area contributed by atoms with Gasteiger partial charge in [0.2, 0.25) is 0 Å². The number of phosphoric ester groups is 1. The van der Waals surface area contributed by atoms with Crippen molar-refractivity contribution in [3.63, 3.8) is 0 Å². The van der Waals surface area contributed by atoms with E-state index >= 15 is 0 Å². The third-order valence-electron chi connectivity index (χ3n) is 11.0. The number of allylic oxidation sites excluding steroid dienone is 4. The molecule has 0 aliphatic heterocycles. The average Bonchev–Trinajstić information content (AvgIpc) is 3.20. The fourth-order valence-electron chi connectivity index (χ4n) is 7.05. The number of likely N-dealkylation sites (N-methyl/N-ethyl adjacent to an activating group) is 1. The first kappa shape index (κ1) is 58.5. The quantitative estimate of drug-likeness (QED) is 0.0212. The van der Waals surface area contributed by atoms with Crippen LogP contribution in [-0.4, -0.2) is 74.9 Å². The third kappa shape index (κ3) is 46.0. The summed E-state index contributed by atoms with van der Waals surface area (Å²) in [4.78, 5) is 35.5. The van der Waals surface area contributed by atoms with Crippen LogP contribution in [0.5, 0.6) is 0 Å². The van der Waals surface area contributed by atoms with E-state index < -0.39 is 26.5 Å². The van der Waals surface area contributed by atoms with Crippen molar-refractivity contribution in [2.45, 2.75) is 238 Å². The largest absolute Gasteiger partial charge is 0.472 e. The zero-order valence-corrected chi connectivity index (χ0v) is 40.9. The van der Waals surface area contributed by atoms with E-state index in [0.717, 1.165) is 57.8 Å². The van der Waals surface area contributed by atoms with Crippen LogP contribution in [0.15, 0.2) is 24.3 Å². The van der Waals surface area contributed by atoms with Gasteiger partial charge >= 0.3 is 19.8 Å². The molecule has 2 atom stereocenters. The van der Waals surface area contributed by atoms with Gasteiger partial charge in [0.05, 0.1) is 27.7 Å². The Kier molecular flexibility index (Phi) is 41.7. The highest BCUT2D eigenvalue weighted by Gasteiger charge is 2.27. The van der Waals surface area contributed by atoms with E-state index in [1.807, 2.05) is 21.1 Å². The van der Waals surface area contributed by atoms with E-state index in [0.29, 0.717) is 23.9 Å². The van der Waals surface area contributed by atoms with Gasteiger partial charge < -0.3 is 18.9 Å². The second-order valence-corrected chi connectivity index (χ2v) is 19.7. The number of hydrogen-bond donors (Lipinski definition) is 1. The summed E-state index contributed by atoms with van der Waals surface area (Å²) in [5, 5.41) is 0. The summed E-state index contributed by atoms with van der Waals surface area (Å²) in [6, 6.07) is 0. The van der Waals surface area contributed by atoms with Gasteiger partial charge in [0.1, 0.15) is 19.8 Å². The van der Waals surface area contributed by atoms with Crippen molar-refractivity contribution in [3.05, 3.63) is 24.3 Å². The van der Waals surface area contributed by atoms with Crippen LogP contribution in [-0.2, 0) is 32.7 Å². The first-order chi connectivity index (χ1) is 29.0. The van der Waals surface area contributed by atoms with Crippen molar-refractivity contribution in [2.24, 2.45) is 0 Å². The molecule has 0 amide bonds. The summed E-state index contributed by atoms with van der Waals surface area (Å²) in [6.45, 7) is 4.43. The second kappa shape index (κ2) is 42.8. The molecule has 1 N–H and O–H groups in total. The predicted molar refractivity (Wildman–Crippen MR) is 252 cm³/mol. The molecule has 0 radical (unpaired) electrons. The highest BCUT2D eigenvalue weighted by atomic mass is 31.2. The van der Waals surface area contributed by atoms with E-state index in [4.69, 9.17) is 18.5 Å². The topological polar surface area (TPSA) is 108 Å². The van der Waals surface area contributed by atoms with E-state index in [1.165, 1.54) is 141 Å². The molecule has 354 valence electrons. The summed E-state index contributed by atoms with van der Waals surface area (Å²) < 4.78 is 34.4. The lowest BCUT2D eigenvalue weighted by molar-refractivity contribution is -0.870. The summed E-state index contributed by atoms with van der Waals surface area (Å²) in [5.74, 6) is -0.803. The molecule has 0 fully saturated rings. The van der Waals surface area contributed by atoms with E-state index in [9.17, 15) is 19.0 Å². The highest BCUT2D eigenvalue weighted by Crippen LogP contribution is 2.43. The maximum Gasteiger partial charge on any atom is 0.472 e. The Bertz CT molecular complexity index is 1070. The molecule has 2 unspecified atom stereocenters. The Balaban J connectivity index is 4.25. The molecule has 0 rings (SSSR count). The molecule has 10 heteroatoms. The molecule has 0 saturated carbocycles. The molecule has 0 heterocycles. The summed E-state index contributed by atoms with van der Waals surface area (Å²) in [6.07, 6.45) is 48.0. The van der Waals surface area contributed by atoms with Crippen molar-refractivity contribution in [1.29, 1.82) is 0 Å². The van der Waals surface area contributed by atoms with Gasteiger partial charge in [-0.1, -0.05) is 199 Å². The molecular weight excluding hydrogens is 774 g/mol. The lowest BCUT2D eigenvalue weighted by Crippen LogP contribution is -2.37. The second-order valence-electron chi connectivity index (χ2n) is 18.2. The summed E-state index contributed by atoms with van der Waals surface area (Å²) in [5.41, 5.74) is 0. The first-order valence-electron chi connectivity index (χ1n) is 25.1. The van der Waals surface area contributed by atoms with Crippen molar-refractivity contribution >= 4 is 19.8 Å². The zero-order valence-electron chi connectivity index (χ0n) is 40.0. The van der Waals surface area contributed by atoms with Gasteiger partial charge in [-0.3, -0.25) is 18.6 Å². The molecule has 0 bridgehead atoms. The standard InChI is InChI=1S/C50H96NO8P/c1-6-8-10-12-14-16-18-20-22-24-25-26-27-29-30-32-34-36-38-40-42-49(52)56-46-48(47-58-60(54,55)57-45-44-51(3,4)5)59-50(53)43-41-39-37-35-33-31-28-23-21-19-17-15-13-11-9-7-2/h17,19,23,28,48H,6-16,18,20-22,24-27,29-47H2,1-5H3/p+1/b19-17-,28-23-. The minimum atomic E-state index is -4.38. The Morgan fingerprint density at radius 3 is 1.33 bits per heavy atom. The molecule has 0 spiro atoms. The van der Waals surface area contributed by atoms with Crippen molar-refractivity contribution in [3.8, 4) is 0 Å². The van der Waals surface area contributed by atoms with E-state index in [1.54, 1.807) is 0 Å². The Hall–Kier alpha value is -1.51. The third-order valence-corrected chi connectivity index (χ3v) is 12.0. The number of esters is 2. The van der Waals surface area contributed by atoms with Gasteiger partial charge in [0.15, 0.2) is 6.10 Å². The van der Waals surface area contributed by atoms with Gasteiger partial charge in [0.25, 0.3) is 0 Å². The van der Waals surface area contributed by atoms with Gasteiger partial charge in [-0.15, -0.1) is 0 Å². The fraction of sp³-hybridized carbons (Fsp3) is 0.880. The van der Waals surface area contributed by atoms with Gasteiger partial charge in [-0.25, -0.2) is 4.57 Å². The number of quaternary nitrogens is 1. The number of carbonyl (C=O) groups excluding carboxylic acids is 2. The van der Waals surface area contributed by atoms with Crippen LogP contribution in [0, 0.1) is 0 Å². The minimum Gasteiger partial charge on any atom is -0.462 e. The predicted octanol–water partition coefficient (Wildman–Crippen LogP) is 14.7. The maximum absolute atomic E-state index is 12.7. The Labute approximate surface area is 370 Å². The summed E-state index contributed by atoms with van der Waals surface area (Å²) >= 11 is 0. The van der Waals surface area contributed by atoms with Crippen LogP contribution >= 0.6 is 7.82 Å². The van der Waals surface area contributed by atoms with Crippen LogP contribution in [0.2, 0.25) is 0 Å². The number of rotatable bonds is 46. The van der Waals surface area contributed by atoms with Crippen LogP contribution in [0.3, 0.4) is 0 Å². The molecule has 0 aliphatic carbocycles. The number of hydrogen-bond acceptors (Lipinski definition) is 7. The maximum atomic E-state index is 12.7. The van der Waals surface area contributed by atoms with E-state index in [2.05, 4.69) is 38.2 Å². The lowest BCUT2D eigenvalue weighted by atomic mass is 10.0. The smallest absolute Gasteiger partial charge is 0.462 e. The molecule has 9 nitrogen and oxygen atoms in total. The minimum absolute atomic E-state index is 0.0308. The van der Waals surface area contributed by atoms with E-state index in [-0.39, 0.29) is 25.6 Å². The van der Waals surface area contributed by atoms with Crippen molar-refractivity contribution < 1.29 is 42.1 Å². The zero-order chi connectivity index (χ0) is 44.3. The number of nitrogens with zero attached hydrogens (tertiary/aromatic N) is 1. The lowest BCUT2D eigenvalue weighted by Gasteiger charge is -2.24. The van der Waals surface area contributed by atoms with Crippen molar-refractivity contribution in [1.82, 2.24) is 0 Å². The molecule has 0 aromatic heterocycles. The average molecular weight is 871 g/mol. The summed E-state index contributed by atoms with van der Waals surface area (Å²) in [7, 11) is 1.48. The Morgan fingerprint density at radius 2 is 0.900 bits per heavy atom. The number of ether oxygens (including phenoxy) is 2. The van der Waals surface area contributed by atoms with Gasteiger partial charge in [-0.05, 0) is 44.9 Å². The molecule has 0 aromatic rings. The van der Waals surface area contributed by atoms with Crippen LogP contribution in [0.1, 0.15) is 232 Å². The first-order valence-corrected chi connectivity index (χ1v) is 26.6. The number of phosphoric acid groups is 1. The fourth-order valence-corrected chi connectivity index (χ4v) is 7.79. The van der Waals surface area contributed by atoms with Crippen LogP contribution < -0.4 is 0 Å². The highest BCUT2D eigenvalue weighted by molar-refractivity contribution is 7.47. The molecular formula is C50H97NO8P+. The van der Waals surface area contributed by atoms with Crippen LogP contribution in [0.25, 0.3) is 0 Å². The van der Waals surface area contributed by atoms with Crippen LogP contribution in [0.4, 0.5) is 0 Å². The normalized spacial score (nSPS) is 13.6.